The summed E-state index contributed by atoms with van der Waals surface area (Å²) < 4.78 is 10.9. The fraction of sp³-hybridized carbons (Fsp3) is 0.312. The van der Waals surface area contributed by atoms with Crippen molar-refractivity contribution in [2.45, 2.75) is 25.7 Å². The van der Waals surface area contributed by atoms with Gasteiger partial charge in [0.05, 0.1) is 6.54 Å². The van der Waals surface area contributed by atoms with Crippen molar-refractivity contribution < 1.29 is 37.2 Å². The first kappa shape index (κ1) is 17.2. The van der Waals surface area contributed by atoms with E-state index >= 15 is 0 Å². The molecule has 124 valence electrons. The number of aromatic hydroxyl groups is 2. The van der Waals surface area contributed by atoms with Crippen LogP contribution in [0.25, 0.3) is 21.9 Å². The van der Waals surface area contributed by atoms with Crippen molar-refractivity contribution in [1.29, 1.82) is 0 Å². The lowest BCUT2D eigenvalue weighted by Gasteiger charge is -1.99. The van der Waals surface area contributed by atoms with Gasteiger partial charge in [0, 0.05) is 23.9 Å². The Kier molecular flexibility index (Phi) is 5.18. The van der Waals surface area contributed by atoms with Gasteiger partial charge >= 0.3 is 5.63 Å². The van der Waals surface area contributed by atoms with E-state index in [9.17, 15) is 15.0 Å². The number of phenols is 2. The fourth-order valence-electron chi connectivity index (χ4n) is 2.57. The number of halogens is 1. The highest BCUT2D eigenvalue weighted by atomic mass is 35.5. The van der Waals surface area contributed by atoms with Crippen LogP contribution in [0.4, 0.5) is 0 Å². The highest BCUT2D eigenvalue weighted by Crippen LogP contribution is 2.35. The number of hydrogen-bond acceptors (Lipinski definition) is 5. The van der Waals surface area contributed by atoms with Crippen molar-refractivity contribution in [3.63, 3.8) is 0 Å². The van der Waals surface area contributed by atoms with Gasteiger partial charge in [-0.3, -0.25) is 0 Å². The van der Waals surface area contributed by atoms with Gasteiger partial charge in [0.2, 0.25) is 0 Å². The summed E-state index contributed by atoms with van der Waals surface area (Å²) in [5, 5.41) is 19.8. The SMILES string of the molecule is [Cl-].[NH3+]CCCCCc1cc2oc3cc(O)c(O)cc3c2c(=O)o1. The van der Waals surface area contributed by atoms with E-state index in [0.29, 0.717) is 28.7 Å². The van der Waals surface area contributed by atoms with Crippen molar-refractivity contribution in [3.05, 3.63) is 34.4 Å². The summed E-state index contributed by atoms with van der Waals surface area (Å²) in [4.78, 5) is 12.2. The van der Waals surface area contributed by atoms with E-state index in [-0.39, 0.29) is 29.3 Å². The van der Waals surface area contributed by atoms with Crippen molar-refractivity contribution in [1.82, 2.24) is 0 Å². The van der Waals surface area contributed by atoms with Crippen molar-refractivity contribution >= 4 is 21.9 Å². The maximum Gasteiger partial charge on any atom is 0.347 e. The van der Waals surface area contributed by atoms with Crippen molar-refractivity contribution in [2.24, 2.45) is 0 Å². The van der Waals surface area contributed by atoms with Gasteiger partial charge in [-0.2, -0.15) is 0 Å². The molecular formula is C16H18ClNO5. The van der Waals surface area contributed by atoms with E-state index in [2.05, 4.69) is 5.73 Å². The minimum atomic E-state index is -0.492. The Morgan fingerprint density at radius 2 is 1.70 bits per heavy atom. The number of rotatable bonds is 5. The van der Waals surface area contributed by atoms with Gasteiger partial charge in [-0.25, -0.2) is 4.79 Å². The molecule has 0 amide bonds. The van der Waals surface area contributed by atoms with Crippen LogP contribution >= 0.6 is 0 Å². The molecule has 0 aliphatic heterocycles. The normalized spacial score (nSPS) is 11.0. The van der Waals surface area contributed by atoms with Crippen LogP contribution in [0.2, 0.25) is 0 Å². The van der Waals surface area contributed by atoms with E-state index in [1.807, 2.05) is 0 Å². The second kappa shape index (κ2) is 6.93. The Balaban J connectivity index is 0.00000192. The molecule has 2 aromatic heterocycles. The van der Waals surface area contributed by atoms with Gasteiger partial charge in [0.15, 0.2) is 11.5 Å². The number of unbranched alkanes of at least 4 members (excludes halogenated alkanes) is 2. The lowest BCUT2D eigenvalue weighted by atomic mass is 10.1. The zero-order valence-electron chi connectivity index (χ0n) is 12.5. The number of furan rings is 1. The van der Waals surface area contributed by atoms with Gasteiger partial charge in [0.25, 0.3) is 0 Å². The number of phenolic OH excluding ortho intramolecular Hbond substituents is 2. The molecule has 1 aromatic carbocycles. The van der Waals surface area contributed by atoms with Crippen LogP contribution < -0.4 is 23.8 Å². The molecule has 7 heteroatoms. The molecule has 0 unspecified atom stereocenters. The van der Waals surface area contributed by atoms with Crippen LogP contribution in [0.1, 0.15) is 25.0 Å². The Hall–Kier alpha value is -2.18. The maximum atomic E-state index is 12.2. The molecule has 0 saturated carbocycles. The highest BCUT2D eigenvalue weighted by Gasteiger charge is 2.16. The molecule has 0 bridgehead atoms. The summed E-state index contributed by atoms with van der Waals surface area (Å²) in [6.07, 6.45) is 3.67. The third-order valence-corrected chi connectivity index (χ3v) is 3.71. The second-order valence-electron chi connectivity index (χ2n) is 5.34. The van der Waals surface area contributed by atoms with Crippen molar-refractivity contribution in [2.75, 3.05) is 6.54 Å². The van der Waals surface area contributed by atoms with Crippen LogP contribution in [-0.2, 0) is 6.42 Å². The van der Waals surface area contributed by atoms with E-state index in [1.165, 1.54) is 12.1 Å². The largest absolute Gasteiger partial charge is 1.00 e. The molecule has 0 spiro atoms. The van der Waals surface area contributed by atoms with Crippen molar-refractivity contribution in [3.8, 4) is 11.5 Å². The standard InChI is InChI=1S/C16H17NO5.ClH/c17-5-3-1-2-4-9-6-14-15(16(20)21-9)10-7-11(18)12(19)8-13(10)22-14;/h6-8,18-19H,1-5,17H2;1H. The molecule has 0 saturated heterocycles. The Morgan fingerprint density at radius 3 is 2.43 bits per heavy atom. The summed E-state index contributed by atoms with van der Waals surface area (Å²) in [7, 11) is 0. The predicted molar refractivity (Wildman–Crippen MR) is 80.9 cm³/mol. The summed E-state index contributed by atoms with van der Waals surface area (Å²) in [5.74, 6) is -0.00902. The molecule has 0 aliphatic carbocycles. The van der Waals surface area contributed by atoms with Gasteiger partial charge in [-0.1, -0.05) is 0 Å². The molecule has 0 fully saturated rings. The summed E-state index contributed by atoms with van der Waals surface area (Å²) in [5.41, 5.74) is 4.05. The van der Waals surface area contributed by atoms with E-state index < -0.39 is 5.63 Å². The highest BCUT2D eigenvalue weighted by molar-refractivity contribution is 6.05. The number of quaternary nitrogens is 1. The molecule has 23 heavy (non-hydrogen) atoms. The summed E-state index contributed by atoms with van der Waals surface area (Å²) in [6.45, 7) is 0.902. The molecule has 0 aliphatic rings. The average Bonchev–Trinajstić information content (AvgIpc) is 2.82. The lowest BCUT2D eigenvalue weighted by molar-refractivity contribution is -0.368. The first-order valence-corrected chi connectivity index (χ1v) is 7.30. The van der Waals surface area contributed by atoms with Gasteiger partial charge in [-0.05, 0) is 25.3 Å². The van der Waals surface area contributed by atoms with Crippen LogP contribution in [0.3, 0.4) is 0 Å². The molecule has 0 atom stereocenters. The third kappa shape index (κ3) is 3.28. The van der Waals surface area contributed by atoms with Crippen LogP contribution in [0.15, 0.2) is 31.8 Å². The van der Waals surface area contributed by atoms with Crippen LogP contribution in [0, 0.1) is 0 Å². The fourth-order valence-corrected chi connectivity index (χ4v) is 2.57. The molecular weight excluding hydrogens is 322 g/mol. The zero-order chi connectivity index (χ0) is 15.7. The molecule has 2 heterocycles. The van der Waals surface area contributed by atoms with Crippen LogP contribution in [-0.4, -0.2) is 16.8 Å². The lowest BCUT2D eigenvalue weighted by Crippen LogP contribution is -3.00. The minimum absolute atomic E-state index is 0. The Bertz CT molecular complexity index is 883. The molecule has 3 aromatic rings. The van der Waals surface area contributed by atoms with E-state index in [0.717, 1.165) is 25.8 Å². The first-order valence-electron chi connectivity index (χ1n) is 7.30. The van der Waals surface area contributed by atoms with Crippen LogP contribution in [0.5, 0.6) is 11.5 Å². The summed E-state index contributed by atoms with van der Waals surface area (Å²) >= 11 is 0. The molecule has 0 radical (unpaired) electrons. The average molecular weight is 340 g/mol. The Morgan fingerprint density at radius 1 is 0.957 bits per heavy atom. The first-order chi connectivity index (χ1) is 10.6. The maximum absolute atomic E-state index is 12.2. The number of fused-ring (bicyclic) bond motifs is 3. The number of benzene rings is 1. The minimum Gasteiger partial charge on any atom is -1.00 e. The van der Waals surface area contributed by atoms with Gasteiger partial charge < -0.3 is 37.2 Å². The van der Waals surface area contributed by atoms with E-state index in [4.69, 9.17) is 8.83 Å². The van der Waals surface area contributed by atoms with Gasteiger partial charge in [-0.15, -0.1) is 0 Å². The monoisotopic (exact) mass is 339 g/mol. The number of hydrogen-bond donors (Lipinski definition) is 3. The second-order valence-corrected chi connectivity index (χ2v) is 5.34. The molecule has 5 N–H and O–H groups in total. The smallest absolute Gasteiger partial charge is 0.347 e. The number of aryl methyl sites for hydroxylation is 1. The third-order valence-electron chi connectivity index (χ3n) is 3.71. The Labute approximate surface area is 137 Å². The summed E-state index contributed by atoms with van der Waals surface area (Å²) in [6, 6.07) is 4.30. The molecule has 3 rings (SSSR count). The zero-order valence-corrected chi connectivity index (χ0v) is 13.2. The molecule has 6 nitrogen and oxygen atoms in total. The quantitative estimate of drug-likeness (QED) is 0.404. The topological polar surface area (TPSA) is 111 Å². The predicted octanol–water partition coefficient (Wildman–Crippen LogP) is -1.09. The van der Waals surface area contributed by atoms with Gasteiger partial charge in [0.1, 0.15) is 22.3 Å². The van der Waals surface area contributed by atoms with E-state index in [1.54, 1.807) is 6.07 Å².